The summed E-state index contributed by atoms with van der Waals surface area (Å²) in [6.07, 6.45) is 3.23. The number of nitrogens with zero attached hydrogens (tertiary/aromatic N) is 2. The molecule has 0 saturated carbocycles. The third-order valence-electron chi connectivity index (χ3n) is 6.18. The maximum Gasteiger partial charge on any atom is 0.244 e. The molecule has 0 heterocycles. The van der Waals surface area contributed by atoms with Crippen molar-refractivity contribution in [1.82, 2.24) is 10.2 Å². The fraction of sp³-hybridized carbons (Fsp3) is 0.500. The van der Waals surface area contributed by atoms with Crippen LogP contribution in [0.3, 0.4) is 0 Å². The number of anilines is 1. The number of sulfonamides is 1. The largest absolute Gasteiger partial charge is 0.354 e. The van der Waals surface area contributed by atoms with Crippen molar-refractivity contribution in [3.8, 4) is 0 Å². The lowest BCUT2D eigenvalue weighted by Gasteiger charge is -2.33. The second-order valence-corrected chi connectivity index (χ2v) is 12.6. The number of carbonyl (C=O) groups is 2. The van der Waals surface area contributed by atoms with E-state index in [1.54, 1.807) is 36.4 Å². The molecule has 0 aliphatic carbocycles. The van der Waals surface area contributed by atoms with Gasteiger partial charge in [-0.05, 0) is 53.6 Å². The summed E-state index contributed by atoms with van der Waals surface area (Å²) in [6, 6.07) is 13.5. The second kappa shape index (κ2) is 13.3. The highest BCUT2D eigenvalue weighted by Gasteiger charge is 2.31. The van der Waals surface area contributed by atoms with Crippen LogP contribution in [0.4, 0.5) is 5.69 Å². The lowest BCUT2D eigenvalue weighted by atomic mass is 9.87. The van der Waals surface area contributed by atoms with Crippen LogP contribution in [0.5, 0.6) is 0 Å². The standard InChI is InChI=1S/C28H40ClN3O4S/c1-7-9-18-30-27(34)25(8-2)31(19-21-10-14-23(29)15-11-21)26(33)20-32(37(6,35)36)24-16-12-22(13-17-24)28(3,4)5/h10-17,25H,7-9,18-20H2,1-6H3,(H,30,34)/t25-/m1/s1. The summed E-state index contributed by atoms with van der Waals surface area (Å²) < 4.78 is 26.6. The molecular weight excluding hydrogens is 510 g/mol. The Kier molecular flexibility index (Phi) is 11.0. The van der Waals surface area contributed by atoms with E-state index >= 15 is 0 Å². The van der Waals surface area contributed by atoms with Crippen LogP contribution in [0.2, 0.25) is 5.02 Å². The van der Waals surface area contributed by atoms with Crippen LogP contribution < -0.4 is 9.62 Å². The summed E-state index contributed by atoms with van der Waals surface area (Å²) >= 11 is 6.03. The molecule has 2 aromatic rings. The highest BCUT2D eigenvalue weighted by atomic mass is 35.5. The molecule has 0 bridgehead atoms. The highest BCUT2D eigenvalue weighted by Crippen LogP contribution is 2.26. The average Bonchev–Trinajstić information content (AvgIpc) is 2.82. The van der Waals surface area contributed by atoms with E-state index < -0.39 is 28.5 Å². The molecule has 0 aliphatic heterocycles. The Labute approximate surface area is 227 Å². The normalized spacial score (nSPS) is 12.6. The van der Waals surface area contributed by atoms with E-state index in [1.807, 2.05) is 26.0 Å². The highest BCUT2D eigenvalue weighted by molar-refractivity contribution is 7.92. The number of amides is 2. The summed E-state index contributed by atoms with van der Waals surface area (Å²) in [4.78, 5) is 28.2. The van der Waals surface area contributed by atoms with Gasteiger partial charge < -0.3 is 10.2 Å². The molecule has 204 valence electrons. The molecule has 9 heteroatoms. The van der Waals surface area contributed by atoms with Gasteiger partial charge in [-0.25, -0.2) is 8.42 Å². The summed E-state index contributed by atoms with van der Waals surface area (Å²) in [5, 5.41) is 3.48. The maximum absolute atomic E-state index is 13.7. The molecule has 1 N–H and O–H groups in total. The Hall–Kier alpha value is -2.58. The van der Waals surface area contributed by atoms with Crippen molar-refractivity contribution in [2.45, 2.75) is 71.9 Å². The Morgan fingerprint density at radius 1 is 1.00 bits per heavy atom. The Morgan fingerprint density at radius 2 is 1.59 bits per heavy atom. The van der Waals surface area contributed by atoms with Crippen molar-refractivity contribution in [3.05, 3.63) is 64.7 Å². The van der Waals surface area contributed by atoms with Crippen LogP contribution in [0.25, 0.3) is 0 Å². The number of unbranched alkanes of at least 4 members (excludes halogenated alkanes) is 1. The molecule has 0 aromatic heterocycles. The Morgan fingerprint density at radius 3 is 2.08 bits per heavy atom. The number of hydrogen-bond donors (Lipinski definition) is 1. The van der Waals surface area contributed by atoms with E-state index in [4.69, 9.17) is 11.6 Å². The topological polar surface area (TPSA) is 86.8 Å². The van der Waals surface area contributed by atoms with Gasteiger partial charge in [0.2, 0.25) is 21.8 Å². The van der Waals surface area contributed by atoms with Gasteiger partial charge in [0.15, 0.2) is 0 Å². The van der Waals surface area contributed by atoms with Gasteiger partial charge in [0, 0.05) is 18.1 Å². The van der Waals surface area contributed by atoms with Gasteiger partial charge in [-0.1, -0.05) is 76.9 Å². The molecule has 2 amide bonds. The quantitative estimate of drug-likeness (QED) is 0.372. The van der Waals surface area contributed by atoms with Gasteiger partial charge >= 0.3 is 0 Å². The third kappa shape index (κ3) is 9.04. The van der Waals surface area contributed by atoms with Crippen LogP contribution in [-0.4, -0.2) is 50.5 Å². The number of benzene rings is 2. The minimum absolute atomic E-state index is 0.0981. The fourth-order valence-corrected chi connectivity index (χ4v) is 4.93. The van der Waals surface area contributed by atoms with E-state index in [9.17, 15) is 18.0 Å². The van der Waals surface area contributed by atoms with Crippen molar-refractivity contribution in [2.75, 3.05) is 23.7 Å². The zero-order chi connectivity index (χ0) is 27.8. The van der Waals surface area contributed by atoms with Gasteiger partial charge in [0.25, 0.3) is 0 Å². The second-order valence-electron chi connectivity index (χ2n) is 10.3. The minimum Gasteiger partial charge on any atom is -0.354 e. The van der Waals surface area contributed by atoms with Crippen LogP contribution >= 0.6 is 11.6 Å². The molecular formula is C28H40ClN3O4S. The predicted octanol–water partition coefficient (Wildman–Crippen LogP) is 5.13. The predicted molar refractivity (Wildman–Crippen MR) is 151 cm³/mol. The zero-order valence-corrected chi connectivity index (χ0v) is 24.3. The van der Waals surface area contributed by atoms with Gasteiger partial charge in [-0.3, -0.25) is 13.9 Å². The third-order valence-corrected chi connectivity index (χ3v) is 7.57. The lowest BCUT2D eigenvalue weighted by molar-refractivity contribution is -0.140. The van der Waals surface area contributed by atoms with Crippen LogP contribution in [-0.2, 0) is 31.6 Å². The monoisotopic (exact) mass is 549 g/mol. The van der Waals surface area contributed by atoms with Gasteiger partial charge in [-0.15, -0.1) is 0 Å². The molecule has 1 atom stereocenters. The number of nitrogens with one attached hydrogen (secondary N) is 1. The molecule has 7 nitrogen and oxygen atoms in total. The first-order chi connectivity index (χ1) is 17.3. The van der Waals surface area contributed by atoms with Crippen LogP contribution in [0.15, 0.2) is 48.5 Å². The van der Waals surface area contributed by atoms with E-state index in [0.29, 0.717) is 23.7 Å². The summed E-state index contributed by atoms with van der Waals surface area (Å²) in [5.41, 5.74) is 2.14. The van der Waals surface area contributed by atoms with E-state index in [0.717, 1.165) is 34.5 Å². The number of carbonyl (C=O) groups excluding carboxylic acids is 2. The van der Waals surface area contributed by atoms with Crippen molar-refractivity contribution >= 4 is 39.1 Å². The fourth-order valence-electron chi connectivity index (χ4n) is 3.95. The van der Waals surface area contributed by atoms with E-state index in [-0.39, 0.29) is 17.9 Å². The first kappa shape index (κ1) is 30.6. The van der Waals surface area contributed by atoms with Gasteiger partial charge in [0.05, 0.1) is 11.9 Å². The number of halogens is 1. The summed E-state index contributed by atoms with van der Waals surface area (Å²) in [7, 11) is -3.78. The van der Waals surface area contributed by atoms with Crippen molar-refractivity contribution < 1.29 is 18.0 Å². The lowest BCUT2D eigenvalue weighted by Crippen LogP contribution is -2.52. The maximum atomic E-state index is 13.7. The average molecular weight is 550 g/mol. The van der Waals surface area contributed by atoms with E-state index in [1.165, 1.54) is 4.90 Å². The molecule has 2 aromatic carbocycles. The Balaban J connectivity index is 2.40. The smallest absolute Gasteiger partial charge is 0.244 e. The van der Waals surface area contributed by atoms with Crippen molar-refractivity contribution in [1.29, 1.82) is 0 Å². The molecule has 0 aliphatic rings. The SMILES string of the molecule is CCCCNC(=O)[C@@H](CC)N(Cc1ccc(Cl)cc1)C(=O)CN(c1ccc(C(C)(C)C)cc1)S(C)(=O)=O. The van der Waals surface area contributed by atoms with Crippen LogP contribution in [0, 0.1) is 0 Å². The molecule has 37 heavy (non-hydrogen) atoms. The molecule has 0 spiro atoms. The molecule has 0 fully saturated rings. The summed E-state index contributed by atoms with van der Waals surface area (Å²) in [5.74, 6) is -0.712. The molecule has 0 saturated heterocycles. The van der Waals surface area contributed by atoms with Gasteiger partial charge in [0.1, 0.15) is 12.6 Å². The Bertz CT molecular complexity index is 1140. The molecule has 0 unspecified atom stereocenters. The van der Waals surface area contributed by atoms with E-state index in [2.05, 4.69) is 26.1 Å². The molecule has 0 radical (unpaired) electrons. The van der Waals surface area contributed by atoms with Crippen LogP contribution in [0.1, 0.15) is 65.0 Å². The van der Waals surface area contributed by atoms with Crippen molar-refractivity contribution in [3.63, 3.8) is 0 Å². The molecule has 2 rings (SSSR count). The van der Waals surface area contributed by atoms with Gasteiger partial charge in [-0.2, -0.15) is 0 Å². The first-order valence-electron chi connectivity index (χ1n) is 12.7. The number of rotatable bonds is 12. The zero-order valence-electron chi connectivity index (χ0n) is 22.8. The first-order valence-corrected chi connectivity index (χ1v) is 14.9. The summed E-state index contributed by atoms with van der Waals surface area (Å²) in [6.45, 7) is 10.3. The van der Waals surface area contributed by atoms with Crippen molar-refractivity contribution in [2.24, 2.45) is 0 Å². The minimum atomic E-state index is -3.78. The number of hydrogen-bond acceptors (Lipinski definition) is 4.